The highest BCUT2D eigenvalue weighted by Crippen LogP contribution is 2.39. The molecule has 0 unspecified atom stereocenters. The lowest BCUT2D eigenvalue weighted by atomic mass is 10.0. The molecule has 1 heterocycles. The van der Waals surface area contributed by atoms with Gasteiger partial charge in [0.05, 0.1) is 13.2 Å². The van der Waals surface area contributed by atoms with Crippen molar-refractivity contribution in [1.82, 2.24) is 0 Å². The number of carbonyl (C=O) groups is 2. The molecule has 0 aromatic carbocycles. The van der Waals surface area contributed by atoms with E-state index in [0.29, 0.717) is 19.3 Å². The van der Waals surface area contributed by atoms with Gasteiger partial charge in [-0.25, -0.2) is 9.59 Å². The zero-order chi connectivity index (χ0) is 22.1. The number of rotatable bonds is 12. The number of hydrogen-bond acceptors (Lipinski definition) is 8. The average molecular weight is 412 g/mol. The molecule has 1 aliphatic rings. The molecule has 1 fully saturated rings. The Hall–Kier alpha value is -2.00. The van der Waals surface area contributed by atoms with Crippen LogP contribution in [0.4, 0.5) is 0 Å². The molecule has 0 spiro atoms. The summed E-state index contributed by atoms with van der Waals surface area (Å²) in [6.07, 6.45) is 2.12. The minimum atomic E-state index is -1.47. The Morgan fingerprint density at radius 3 is 1.86 bits per heavy atom. The van der Waals surface area contributed by atoms with E-state index in [-0.39, 0.29) is 13.2 Å². The SMILES string of the molecule is C=CCCOC(=O)[C@@H]1O[C@@](C)(OC)[C@](C)(OC)O[C@H]1C(=O)OCCCC(=C)C=C. The highest BCUT2D eigenvalue weighted by molar-refractivity contribution is 5.86. The maximum atomic E-state index is 12.7. The van der Waals surface area contributed by atoms with Crippen molar-refractivity contribution in [3.63, 3.8) is 0 Å². The van der Waals surface area contributed by atoms with Crippen molar-refractivity contribution < 1.29 is 38.0 Å². The fourth-order valence-corrected chi connectivity index (χ4v) is 2.61. The fraction of sp³-hybridized carbons (Fsp3) is 0.619. The van der Waals surface area contributed by atoms with E-state index in [2.05, 4.69) is 19.7 Å². The number of ether oxygens (including phenoxy) is 6. The van der Waals surface area contributed by atoms with Gasteiger partial charge in [-0.2, -0.15) is 0 Å². The summed E-state index contributed by atoms with van der Waals surface area (Å²) in [5.74, 6) is -4.47. The standard InChI is InChI=1S/C21H32O8/c1-8-10-13-26-18(22)16-17(19(23)27-14-11-12-15(3)9-2)29-21(5,25-7)20(4,24-6)28-16/h8-9,16-17H,1-3,10-14H2,4-7H3/t16-,17-,20-,21-/m1/s1. The molecule has 164 valence electrons. The van der Waals surface area contributed by atoms with E-state index < -0.39 is 35.7 Å². The van der Waals surface area contributed by atoms with Crippen molar-refractivity contribution in [3.8, 4) is 0 Å². The van der Waals surface area contributed by atoms with E-state index in [4.69, 9.17) is 28.4 Å². The summed E-state index contributed by atoms with van der Waals surface area (Å²) < 4.78 is 32.9. The lowest BCUT2D eigenvalue weighted by molar-refractivity contribution is -0.439. The van der Waals surface area contributed by atoms with Crippen LogP contribution in [-0.2, 0) is 38.0 Å². The van der Waals surface area contributed by atoms with Crippen molar-refractivity contribution >= 4 is 11.9 Å². The molecule has 8 nitrogen and oxygen atoms in total. The number of hydrogen-bond donors (Lipinski definition) is 0. The largest absolute Gasteiger partial charge is 0.464 e. The Morgan fingerprint density at radius 2 is 1.45 bits per heavy atom. The summed E-state index contributed by atoms with van der Waals surface area (Å²) in [4.78, 5) is 25.2. The highest BCUT2D eigenvalue weighted by Gasteiger charge is 2.60. The van der Waals surface area contributed by atoms with Crippen molar-refractivity contribution in [2.75, 3.05) is 27.4 Å². The van der Waals surface area contributed by atoms with Gasteiger partial charge < -0.3 is 28.4 Å². The lowest BCUT2D eigenvalue weighted by Gasteiger charge is -2.50. The van der Waals surface area contributed by atoms with Crippen LogP contribution in [0.5, 0.6) is 0 Å². The first-order valence-electron chi connectivity index (χ1n) is 9.38. The molecule has 0 bridgehead atoms. The zero-order valence-corrected chi connectivity index (χ0v) is 17.7. The zero-order valence-electron chi connectivity index (χ0n) is 17.7. The second-order valence-corrected chi connectivity index (χ2v) is 6.75. The van der Waals surface area contributed by atoms with Crippen LogP contribution in [0.1, 0.15) is 33.1 Å². The molecule has 0 amide bonds. The van der Waals surface area contributed by atoms with Gasteiger partial charge in [0.15, 0.2) is 12.2 Å². The molecular formula is C21H32O8. The number of allylic oxidation sites excluding steroid dienone is 2. The molecule has 0 N–H and O–H groups in total. The van der Waals surface area contributed by atoms with Crippen LogP contribution in [0.2, 0.25) is 0 Å². The monoisotopic (exact) mass is 412 g/mol. The smallest absolute Gasteiger partial charge is 0.338 e. The van der Waals surface area contributed by atoms with Crippen LogP contribution < -0.4 is 0 Å². The van der Waals surface area contributed by atoms with Gasteiger partial charge in [-0.1, -0.05) is 30.9 Å². The quantitative estimate of drug-likeness (QED) is 0.209. The topological polar surface area (TPSA) is 89.5 Å². The van der Waals surface area contributed by atoms with E-state index in [0.717, 1.165) is 5.57 Å². The molecule has 0 radical (unpaired) electrons. The molecule has 0 aliphatic carbocycles. The van der Waals surface area contributed by atoms with Crippen molar-refractivity contribution in [2.24, 2.45) is 0 Å². The van der Waals surface area contributed by atoms with Crippen LogP contribution in [-0.4, -0.2) is 63.2 Å². The van der Waals surface area contributed by atoms with Gasteiger partial charge in [0.25, 0.3) is 0 Å². The third-order valence-electron chi connectivity index (χ3n) is 4.79. The second kappa shape index (κ2) is 11.3. The number of methoxy groups -OCH3 is 2. The summed E-state index contributed by atoms with van der Waals surface area (Å²) in [5.41, 5.74) is 0.838. The Bertz CT molecular complexity index is 616. The third kappa shape index (κ3) is 6.24. The van der Waals surface area contributed by atoms with Crippen molar-refractivity contribution in [2.45, 2.75) is 56.9 Å². The van der Waals surface area contributed by atoms with Crippen molar-refractivity contribution in [3.05, 3.63) is 37.5 Å². The number of carbonyl (C=O) groups excluding carboxylic acids is 2. The molecular weight excluding hydrogens is 380 g/mol. The minimum Gasteiger partial charge on any atom is -0.464 e. The van der Waals surface area contributed by atoms with Gasteiger partial charge in [-0.05, 0) is 33.1 Å². The summed E-state index contributed by atoms with van der Waals surface area (Å²) in [7, 11) is 2.76. The molecule has 1 saturated heterocycles. The Morgan fingerprint density at radius 1 is 0.966 bits per heavy atom. The molecule has 0 saturated carbocycles. The first-order chi connectivity index (χ1) is 13.7. The minimum absolute atomic E-state index is 0.0961. The normalized spacial score (nSPS) is 29.0. The average Bonchev–Trinajstić information content (AvgIpc) is 2.72. The Kier molecular flexibility index (Phi) is 9.72. The van der Waals surface area contributed by atoms with Crippen molar-refractivity contribution in [1.29, 1.82) is 0 Å². The predicted molar refractivity (Wildman–Crippen MR) is 106 cm³/mol. The third-order valence-corrected chi connectivity index (χ3v) is 4.79. The maximum absolute atomic E-state index is 12.7. The summed E-state index contributed by atoms with van der Waals surface area (Å²) >= 11 is 0. The molecule has 8 heteroatoms. The Balaban J connectivity index is 2.95. The van der Waals surface area contributed by atoms with E-state index in [1.165, 1.54) is 14.2 Å². The molecule has 0 aromatic heterocycles. The summed E-state index contributed by atoms with van der Waals surface area (Å²) in [6, 6.07) is 0. The Labute approximate surface area is 172 Å². The van der Waals surface area contributed by atoms with Gasteiger partial charge in [0, 0.05) is 14.2 Å². The fourth-order valence-electron chi connectivity index (χ4n) is 2.61. The van der Waals surface area contributed by atoms with E-state index >= 15 is 0 Å². The van der Waals surface area contributed by atoms with Crippen LogP contribution >= 0.6 is 0 Å². The maximum Gasteiger partial charge on any atom is 0.338 e. The first-order valence-corrected chi connectivity index (χ1v) is 9.38. The highest BCUT2D eigenvalue weighted by atomic mass is 16.8. The van der Waals surface area contributed by atoms with Gasteiger partial charge in [0.2, 0.25) is 11.6 Å². The summed E-state index contributed by atoms with van der Waals surface area (Å²) in [6.45, 7) is 14.3. The van der Waals surface area contributed by atoms with Crippen LogP contribution in [0, 0.1) is 0 Å². The van der Waals surface area contributed by atoms with Crippen LogP contribution in [0.15, 0.2) is 37.5 Å². The van der Waals surface area contributed by atoms with E-state index in [9.17, 15) is 9.59 Å². The molecule has 0 aromatic rings. The van der Waals surface area contributed by atoms with Gasteiger partial charge in [-0.3, -0.25) is 0 Å². The predicted octanol–water partition coefficient (Wildman–Crippen LogP) is 2.68. The summed E-state index contributed by atoms with van der Waals surface area (Å²) in [5, 5.41) is 0. The molecule has 4 atom stereocenters. The molecule has 29 heavy (non-hydrogen) atoms. The van der Waals surface area contributed by atoms with Gasteiger partial charge in [-0.15, -0.1) is 6.58 Å². The number of esters is 2. The van der Waals surface area contributed by atoms with Crippen LogP contribution in [0.3, 0.4) is 0 Å². The van der Waals surface area contributed by atoms with Gasteiger partial charge >= 0.3 is 11.9 Å². The molecule has 1 rings (SSSR count). The second-order valence-electron chi connectivity index (χ2n) is 6.75. The molecule has 1 aliphatic heterocycles. The lowest BCUT2D eigenvalue weighted by Crippen LogP contribution is -2.68. The first kappa shape index (κ1) is 25.0. The van der Waals surface area contributed by atoms with Gasteiger partial charge in [0.1, 0.15) is 0 Å². The van der Waals surface area contributed by atoms with Crippen LogP contribution in [0.25, 0.3) is 0 Å². The van der Waals surface area contributed by atoms with E-state index in [1.807, 2.05) is 0 Å². The van der Waals surface area contributed by atoms with E-state index in [1.54, 1.807) is 26.0 Å².